The fourth-order valence-electron chi connectivity index (χ4n) is 8.45. The van der Waals surface area contributed by atoms with Crippen LogP contribution in [0.25, 0.3) is 0 Å². The summed E-state index contributed by atoms with van der Waals surface area (Å²) in [6, 6.07) is -0.620. The minimum Gasteiger partial charge on any atom is -0.394 e. The molecule has 4 heteroatoms. The van der Waals surface area contributed by atoms with Crippen molar-refractivity contribution in [1.82, 2.24) is 5.32 Å². The van der Waals surface area contributed by atoms with E-state index >= 15 is 0 Å². The van der Waals surface area contributed by atoms with Crippen LogP contribution in [0.4, 0.5) is 0 Å². The van der Waals surface area contributed by atoms with E-state index in [0.717, 1.165) is 32.1 Å². The van der Waals surface area contributed by atoms with Crippen LogP contribution in [0, 0.1) is 0 Å². The summed E-state index contributed by atoms with van der Waals surface area (Å²) in [6.45, 7) is 4.33. The van der Waals surface area contributed by atoms with E-state index in [4.69, 9.17) is 0 Å². The van der Waals surface area contributed by atoms with Gasteiger partial charge in [0.15, 0.2) is 0 Å². The molecular formula is C56H107NO3. The van der Waals surface area contributed by atoms with E-state index in [9.17, 15) is 15.0 Å². The summed E-state index contributed by atoms with van der Waals surface area (Å²) >= 11 is 0. The van der Waals surface area contributed by atoms with Gasteiger partial charge >= 0.3 is 0 Å². The summed E-state index contributed by atoms with van der Waals surface area (Å²) in [5, 5.41) is 23.1. The van der Waals surface area contributed by atoms with Crippen molar-refractivity contribution in [2.75, 3.05) is 6.61 Å². The van der Waals surface area contributed by atoms with E-state index in [0.29, 0.717) is 6.42 Å². The van der Waals surface area contributed by atoms with Crippen LogP contribution in [-0.2, 0) is 4.79 Å². The normalized spacial score (nSPS) is 13.1. The molecule has 4 nitrogen and oxygen atoms in total. The van der Waals surface area contributed by atoms with Gasteiger partial charge in [-0.05, 0) is 51.4 Å². The molecule has 0 bridgehead atoms. The fraction of sp³-hybridized carbons (Fsp3) is 0.875. The van der Waals surface area contributed by atoms with Crippen molar-refractivity contribution in [3.63, 3.8) is 0 Å². The van der Waals surface area contributed by atoms with Crippen LogP contribution in [0.3, 0.4) is 0 Å². The Morgan fingerprint density at radius 3 is 1.00 bits per heavy atom. The van der Waals surface area contributed by atoms with Crippen LogP contribution >= 0.6 is 0 Å². The van der Waals surface area contributed by atoms with Crippen molar-refractivity contribution < 1.29 is 15.0 Å². The molecule has 0 aromatic heterocycles. The molecule has 0 heterocycles. The van der Waals surface area contributed by atoms with Gasteiger partial charge in [-0.1, -0.05) is 275 Å². The second-order valence-electron chi connectivity index (χ2n) is 18.7. The van der Waals surface area contributed by atoms with E-state index in [-0.39, 0.29) is 12.5 Å². The average Bonchev–Trinajstić information content (AvgIpc) is 3.25. The largest absolute Gasteiger partial charge is 0.394 e. The number of carbonyl (C=O) groups excluding carboxylic acids is 1. The lowest BCUT2D eigenvalue weighted by Crippen LogP contribution is -2.45. The van der Waals surface area contributed by atoms with Gasteiger partial charge in [0.05, 0.1) is 18.8 Å². The molecule has 2 atom stereocenters. The zero-order valence-corrected chi connectivity index (χ0v) is 40.7. The molecule has 60 heavy (non-hydrogen) atoms. The zero-order valence-electron chi connectivity index (χ0n) is 40.7. The molecule has 0 saturated carbocycles. The number of aliphatic hydroxyl groups is 2. The van der Waals surface area contributed by atoms with E-state index in [1.807, 2.05) is 6.08 Å². The van der Waals surface area contributed by atoms with Gasteiger partial charge in [0.2, 0.25) is 5.91 Å². The van der Waals surface area contributed by atoms with Crippen LogP contribution in [0.2, 0.25) is 0 Å². The van der Waals surface area contributed by atoms with Crippen molar-refractivity contribution in [2.45, 2.75) is 309 Å². The molecule has 354 valence electrons. The van der Waals surface area contributed by atoms with Crippen LogP contribution < -0.4 is 5.32 Å². The van der Waals surface area contributed by atoms with Gasteiger partial charge < -0.3 is 15.5 Å². The molecule has 0 rings (SSSR count). The van der Waals surface area contributed by atoms with Crippen molar-refractivity contribution in [3.8, 4) is 0 Å². The number of allylic oxidation sites excluding steroid dienone is 5. The SMILES string of the molecule is CCCCCCCCCCC/C=C\C/C=C\CCCCCCCCCCCCCCCCCCCC(=O)NC(CO)C(O)/C=C/CCCCCCCCCCCCCCC. The standard InChI is InChI=1S/C56H107NO3/c1-3-5-7-9-11-13-15-17-19-20-21-22-23-24-25-26-27-28-29-30-31-32-33-34-35-36-38-40-42-44-46-48-50-52-56(60)57-54(53-58)55(59)51-49-47-45-43-41-39-37-18-16-14-12-10-8-6-4-2/h21-22,24-25,49,51,54-55,58-59H,3-20,23,26-48,50,52-53H2,1-2H3,(H,57,60)/b22-21-,25-24-,51-49+. The Bertz CT molecular complexity index is 912. The summed E-state index contributed by atoms with van der Waals surface area (Å²) in [4.78, 5) is 12.4. The number of rotatable bonds is 50. The van der Waals surface area contributed by atoms with Gasteiger partial charge in [0.25, 0.3) is 0 Å². The number of amides is 1. The molecule has 0 saturated heterocycles. The maximum absolute atomic E-state index is 12.4. The summed E-state index contributed by atoms with van der Waals surface area (Å²) in [7, 11) is 0. The lowest BCUT2D eigenvalue weighted by molar-refractivity contribution is -0.123. The lowest BCUT2D eigenvalue weighted by atomic mass is 10.0. The van der Waals surface area contributed by atoms with Gasteiger partial charge in [-0.15, -0.1) is 0 Å². The third-order valence-corrected chi connectivity index (χ3v) is 12.6. The molecule has 0 aromatic carbocycles. The summed E-state index contributed by atoms with van der Waals surface area (Å²) in [5.74, 6) is -0.0606. The maximum Gasteiger partial charge on any atom is 0.220 e. The highest BCUT2D eigenvalue weighted by Gasteiger charge is 2.18. The molecular weight excluding hydrogens is 735 g/mol. The monoisotopic (exact) mass is 842 g/mol. The molecule has 2 unspecified atom stereocenters. The highest BCUT2D eigenvalue weighted by atomic mass is 16.3. The minimum absolute atomic E-state index is 0.0606. The molecule has 0 radical (unpaired) electrons. The first kappa shape index (κ1) is 58.6. The Balaban J connectivity index is 3.45. The van der Waals surface area contributed by atoms with Crippen molar-refractivity contribution in [3.05, 3.63) is 36.5 Å². The summed E-state index contributed by atoms with van der Waals surface area (Å²) < 4.78 is 0. The Morgan fingerprint density at radius 1 is 0.400 bits per heavy atom. The van der Waals surface area contributed by atoms with Gasteiger partial charge in [-0.3, -0.25) is 4.79 Å². The Hall–Kier alpha value is -1.39. The average molecular weight is 842 g/mol. The topological polar surface area (TPSA) is 69.6 Å². The molecule has 0 aliphatic carbocycles. The number of carbonyl (C=O) groups is 1. The summed E-state index contributed by atoms with van der Waals surface area (Å²) in [5.41, 5.74) is 0. The molecule has 0 spiro atoms. The minimum atomic E-state index is -0.837. The molecule has 3 N–H and O–H groups in total. The molecule has 1 amide bonds. The predicted octanol–water partition coefficient (Wildman–Crippen LogP) is 17.7. The van der Waals surface area contributed by atoms with E-state index < -0.39 is 12.1 Å². The second-order valence-corrected chi connectivity index (χ2v) is 18.7. The number of hydrogen-bond acceptors (Lipinski definition) is 3. The van der Waals surface area contributed by atoms with Crippen LogP contribution in [0.5, 0.6) is 0 Å². The number of aliphatic hydroxyl groups excluding tert-OH is 2. The van der Waals surface area contributed by atoms with Gasteiger partial charge in [-0.25, -0.2) is 0 Å². The van der Waals surface area contributed by atoms with Gasteiger partial charge in [-0.2, -0.15) is 0 Å². The first-order valence-corrected chi connectivity index (χ1v) is 27.2. The number of unbranched alkanes of at least 4 members (excludes halogenated alkanes) is 39. The third kappa shape index (κ3) is 47.7. The van der Waals surface area contributed by atoms with E-state index in [1.54, 1.807) is 6.08 Å². The van der Waals surface area contributed by atoms with E-state index in [2.05, 4.69) is 43.5 Å². The van der Waals surface area contributed by atoms with Crippen LogP contribution in [-0.4, -0.2) is 34.9 Å². The van der Waals surface area contributed by atoms with Crippen LogP contribution in [0.1, 0.15) is 296 Å². The summed E-state index contributed by atoms with van der Waals surface area (Å²) in [6.07, 6.45) is 70.2. The molecule has 0 aliphatic heterocycles. The maximum atomic E-state index is 12.4. The first-order valence-electron chi connectivity index (χ1n) is 27.2. The Labute approximate surface area is 376 Å². The highest BCUT2D eigenvalue weighted by molar-refractivity contribution is 5.76. The lowest BCUT2D eigenvalue weighted by Gasteiger charge is -2.20. The predicted molar refractivity (Wildman–Crippen MR) is 267 cm³/mol. The zero-order chi connectivity index (χ0) is 43.5. The highest BCUT2D eigenvalue weighted by Crippen LogP contribution is 2.17. The second kappa shape index (κ2) is 52.0. The fourth-order valence-corrected chi connectivity index (χ4v) is 8.45. The molecule has 0 fully saturated rings. The van der Waals surface area contributed by atoms with Crippen molar-refractivity contribution in [1.29, 1.82) is 0 Å². The number of nitrogens with one attached hydrogen (secondary N) is 1. The van der Waals surface area contributed by atoms with Gasteiger partial charge in [0.1, 0.15) is 0 Å². The third-order valence-electron chi connectivity index (χ3n) is 12.6. The van der Waals surface area contributed by atoms with Crippen molar-refractivity contribution >= 4 is 5.91 Å². The first-order chi connectivity index (χ1) is 29.7. The van der Waals surface area contributed by atoms with Gasteiger partial charge in [0, 0.05) is 6.42 Å². The quantitative estimate of drug-likeness (QED) is 0.0422. The van der Waals surface area contributed by atoms with Crippen LogP contribution in [0.15, 0.2) is 36.5 Å². The Morgan fingerprint density at radius 2 is 0.683 bits per heavy atom. The number of hydrogen-bond donors (Lipinski definition) is 3. The molecule has 0 aromatic rings. The van der Waals surface area contributed by atoms with Crippen molar-refractivity contribution in [2.24, 2.45) is 0 Å². The Kier molecular flexibility index (Phi) is 50.8. The smallest absolute Gasteiger partial charge is 0.220 e. The van der Waals surface area contributed by atoms with E-state index in [1.165, 1.54) is 244 Å². The molecule has 0 aliphatic rings.